The first kappa shape index (κ1) is 7.99. The molecule has 0 spiro atoms. The van der Waals surface area contributed by atoms with Gasteiger partial charge in [-0.2, -0.15) is 0 Å². The fourth-order valence-electron chi connectivity index (χ4n) is 0.354. The minimum Gasteiger partial charge on any atom is -0.144 e. The van der Waals surface area contributed by atoms with Gasteiger partial charge in [-0.1, -0.05) is 19.6 Å². The normalized spacial score (nSPS) is 10.4. The molecule has 0 fully saturated rings. The molecule has 0 saturated heterocycles. The molecule has 0 radical (unpaired) electrons. The van der Waals surface area contributed by atoms with Crippen LogP contribution in [0.3, 0.4) is 0 Å². The Morgan fingerprint density at radius 1 is 1.38 bits per heavy atom. The number of hydrogen-bond donors (Lipinski definition) is 0. The molecule has 8 heavy (non-hydrogen) atoms. The van der Waals surface area contributed by atoms with Crippen molar-refractivity contribution in [2.75, 3.05) is 0 Å². The van der Waals surface area contributed by atoms with Gasteiger partial charge < -0.3 is 0 Å². The molecular formula is C6H14Si2. The van der Waals surface area contributed by atoms with Crippen molar-refractivity contribution in [3.63, 3.8) is 0 Å². The summed E-state index contributed by atoms with van der Waals surface area (Å²) >= 11 is 0. The Morgan fingerprint density at radius 2 is 1.88 bits per heavy atom. The highest BCUT2D eigenvalue weighted by atomic mass is 28.3. The minimum atomic E-state index is -0.830. The van der Waals surface area contributed by atoms with Crippen LogP contribution in [0, 0.1) is 11.5 Å². The molecule has 0 saturated carbocycles. The van der Waals surface area contributed by atoms with E-state index in [4.69, 9.17) is 0 Å². The zero-order valence-corrected chi connectivity index (χ0v) is 9.21. The van der Waals surface area contributed by atoms with E-state index in [1.165, 1.54) is 6.04 Å². The molecule has 2 heteroatoms. The Labute approximate surface area is 56.1 Å². The molecule has 46 valence electrons. The van der Waals surface area contributed by atoms with Crippen LogP contribution < -0.4 is 0 Å². The van der Waals surface area contributed by atoms with Crippen molar-refractivity contribution >= 4 is 18.3 Å². The molecule has 0 aliphatic carbocycles. The summed E-state index contributed by atoms with van der Waals surface area (Å²) in [5.74, 6) is 3.16. The second-order valence-corrected chi connectivity index (χ2v) is 9.14. The summed E-state index contributed by atoms with van der Waals surface area (Å²) in [7, 11) is 0.214. The van der Waals surface area contributed by atoms with Gasteiger partial charge in [0.25, 0.3) is 0 Å². The molecule has 0 aromatic carbocycles. The van der Waals surface area contributed by atoms with E-state index in [1.807, 2.05) is 0 Å². The Balaban J connectivity index is 3.50. The Kier molecular flexibility index (Phi) is 3.10. The maximum absolute atomic E-state index is 3.16. The summed E-state index contributed by atoms with van der Waals surface area (Å²) < 4.78 is 0. The first-order chi connectivity index (χ1) is 3.56. The smallest absolute Gasteiger partial charge is 0.0906 e. The predicted octanol–water partition coefficient (Wildman–Crippen LogP) is 0.651. The zero-order chi connectivity index (χ0) is 6.62. The van der Waals surface area contributed by atoms with E-state index in [0.29, 0.717) is 0 Å². The lowest BCUT2D eigenvalue weighted by molar-refractivity contribution is 1.57. The van der Waals surface area contributed by atoms with Crippen LogP contribution in [0.4, 0.5) is 0 Å². The van der Waals surface area contributed by atoms with Gasteiger partial charge in [-0.25, -0.2) is 0 Å². The maximum atomic E-state index is 3.16. The highest BCUT2D eigenvalue weighted by molar-refractivity contribution is 6.76. The molecule has 0 aromatic heterocycles. The van der Waals surface area contributed by atoms with E-state index in [9.17, 15) is 0 Å². The molecule has 0 aromatic rings. The van der Waals surface area contributed by atoms with Gasteiger partial charge in [0.15, 0.2) is 0 Å². The van der Waals surface area contributed by atoms with Crippen molar-refractivity contribution in [1.82, 2.24) is 0 Å². The average Bonchev–Trinajstić information content (AvgIpc) is 1.59. The molecule has 0 amide bonds. The van der Waals surface area contributed by atoms with Crippen molar-refractivity contribution in [1.29, 1.82) is 0 Å². The van der Waals surface area contributed by atoms with Crippen molar-refractivity contribution in [2.45, 2.75) is 25.7 Å². The van der Waals surface area contributed by atoms with Gasteiger partial charge >= 0.3 is 0 Å². The summed E-state index contributed by atoms with van der Waals surface area (Å²) in [5, 5.41) is 0. The predicted molar refractivity (Wildman–Crippen MR) is 45.9 cm³/mol. The lowest BCUT2D eigenvalue weighted by atomic mass is 10.8. The van der Waals surface area contributed by atoms with Gasteiger partial charge in [0.1, 0.15) is 0 Å². The SMILES string of the molecule is C[Si](C)(C)CC#C[SiH3]. The maximum Gasteiger partial charge on any atom is 0.0906 e. The van der Waals surface area contributed by atoms with Gasteiger partial charge in [0.2, 0.25) is 0 Å². The first-order valence-corrected chi connectivity index (χ1v) is 7.66. The van der Waals surface area contributed by atoms with Gasteiger partial charge in [-0.15, -0.1) is 11.5 Å². The van der Waals surface area contributed by atoms with E-state index >= 15 is 0 Å². The summed E-state index contributed by atoms with van der Waals surface area (Å²) in [4.78, 5) is 0. The lowest BCUT2D eigenvalue weighted by Gasteiger charge is -2.09. The fourth-order valence-corrected chi connectivity index (χ4v) is 1.59. The number of hydrogen-bond acceptors (Lipinski definition) is 0. The largest absolute Gasteiger partial charge is 0.144 e. The zero-order valence-electron chi connectivity index (χ0n) is 6.21. The second kappa shape index (κ2) is 3.11. The molecule has 0 aliphatic heterocycles. The van der Waals surface area contributed by atoms with Gasteiger partial charge in [-0.3, -0.25) is 0 Å². The van der Waals surface area contributed by atoms with Crippen LogP contribution in [0.2, 0.25) is 25.7 Å². The molecule has 0 heterocycles. The van der Waals surface area contributed by atoms with Crippen LogP contribution in [0.15, 0.2) is 0 Å². The topological polar surface area (TPSA) is 0 Å². The van der Waals surface area contributed by atoms with Crippen molar-refractivity contribution in [2.24, 2.45) is 0 Å². The van der Waals surface area contributed by atoms with Crippen molar-refractivity contribution < 1.29 is 0 Å². The van der Waals surface area contributed by atoms with E-state index < -0.39 is 8.07 Å². The Morgan fingerprint density at radius 3 is 2.00 bits per heavy atom. The third-order valence-electron chi connectivity index (χ3n) is 0.795. The van der Waals surface area contributed by atoms with Gasteiger partial charge in [0, 0.05) is 6.04 Å². The van der Waals surface area contributed by atoms with Crippen LogP contribution in [-0.4, -0.2) is 18.3 Å². The highest BCUT2D eigenvalue weighted by Crippen LogP contribution is 2.04. The van der Waals surface area contributed by atoms with Crippen molar-refractivity contribution in [3.05, 3.63) is 0 Å². The lowest BCUT2D eigenvalue weighted by Crippen LogP contribution is -2.17. The molecule has 0 N–H and O–H groups in total. The minimum absolute atomic E-state index is 0.830. The standard InChI is InChI=1S/C6H14Si2/c1-8(2,3)6-4-5-7/h6H2,1-3,7H3. The third-order valence-corrected chi connectivity index (χ3v) is 2.39. The molecule has 0 atom stereocenters. The van der Waals surface area contributed by atoms with E-state index in [-0.39, 0.29) is 0 Å². The molecular weight excluding hydrogens is 128 g/mol. The second-order valence-electron chi connectivity index (χ2n) is 3.16. The number of rotatable bonds is 1. The third kappa shape index (κ3) is 5.99. The fraction of sp³-hybridized carbons (Fsp3) is 0.667. The molecule has 0 aliphatic rings. The summed E-state index contributed by atoms with van der Waals surface area (Å²) in [5.41, 5.74) is 3.05. The summed E-state index contributed by atoms with van der Waals surface area (Å²) in [6.07, 6.45) is 0. The van der Waals surface area contributed by atoms with Crippen LogP contribution in [0.1, 0.15) is 0 Å². The Hall–Kier alpha value is -0.00623. The molecule has 0 rings (SSSR count). The van der Waals surface area contributed by atoms with Crippen LogP contribution in [0.25, 0.3) is 0 Å². The van der Waals surface area contributed by atoms with Crippen LogP contribution in [0.5, 0.6) is 0 Å². The molecule has 0 bridgehead atoms. The molecule has 0 nitrogen and oxygen atoms in total. The Bertz CT molecular complexity index is 111. The van der Waals surface area contributed by atoms with Crippen molar-refractivity contribution in [3.8, 4) is 11.5 Å². The quantitative estimate of drug-likeness (QED) is 0.372. The van der Waals surface area contributed by atoms with E-state index in [2.05, 4.69) is 31.1 Å². The van der Waals surface area contributed by atoms with Crippen LogP contribution in [-0.2, 0) is 0 Å². The average molecular weight is 142 g/mol. The monoisotopic (exact) mass is 142 g/mol. The first-order valence-electron chi connectivity index (χ1n) is 2.96. The van der Waals surface area contributed by atoms with Gasteiger partial charge in [0.05, 0.1) is 18.3 Å². The summed E-state index contributed by atoms with van der Waals surface area (Å²) in [6, 6.07) is 1.18. The van der Waals surface area contributed by atoms with Crippen LogP contribution >= 0.6 is 0 Å². The van der Waals surface area contributed by atoms with E-state index in [0.717, 1.165) is 10.2 Å². The van der Waals surface area contributed by atoms with Gasteiger partial charge in [-0.05, 0) is 0 Å². The summed E-state index contributed by atoms with van der Waals surface area (Å²) in [6.45, 7) is 7.04. The van der Waals surface area contributed by atoms with E-state index in [1.54, 1.807) is 0 Å². The highest BCUT2D eigenvalue weighted by Gasteiger charge is 2.09. The molecule has 0 unspecified atom stereocenters.